The minimum atomic E-state index is -4.73. The molecule has 2 amide bonds. The Bertz CT molecular complexity index is 1440. The van der Waals surface area contributed by atoms with Gasteiger partial charge in [-0.05, 0) is 63.6 Å². The summed E-state index contributed by atoms with van der Waals surface area (Å²) in [6, 6.07) is 15.8. The number of carbonyl (C=O) groups excluding carboxylic acids is 2. The minimum Gasteiger partial charge on any atom is -0.355 e. The van der Waals surface area contributed by atoms with Gasteiger partial charge in [0.25, 0.3) is 10.0 Å². The fraction of sp³-hybridized carbons (Fsp3) is 0.310. The van der Waals surface area contributed by atoms with Crippen LogP contribution in [0.15, 0.2) is 77.7 Å². The summed E-state index contributed by atoms with van der Waals surface area (Å²) in [5, 5.41) is 2.66. The van der Waals surface area contributed by atoms with Gasteiger partial charge >= 0.3 is 6.18 Å². The predicted molar refractivity (Wildman–Crippen MR) is 147 cm³/mol. The monoisotopic (exact) mass is 575 g/mol. The molecule has 7 nitrogen and oxygen atoms in total. The van der Waals surface area contributed by atoms with Crippen molar-refractivity contribution >= 4 is 27.5 Å². The van der Waals surface area contributed by atoms with E-state index >= 15 is 0 Å². The highest BCUT2D eigenvalue weighted by atomic mass is 32.2. The first kappa shape index (κ1) is 30.7. The second kappa shape index (κ2) is 12.5. The number of nitrogens with one attached hydrogen (secondary N) is 1. The average Bonchev–Trinajstić information content (AvgIpc) is 2.90. The normalized spacial score (nSPS) is 12.5. The molecule has 1 N–H and O–H groups in total. The van der Waals surface area contributed by atoms with Crippen LogP contribution in [-0.2, 0) is 32.3 Å². The van der Waals surface area contributed by atoms with Crippen molar-refractivity contribution in [1.29, 1.82) is 0 Å². The highest BCUT2D eigenvalue weighted by Gasteiger charge is 2.35. The maximum absolute atomic E-state index is 13.8. The van der Waals surface area contributed by atoms with Gasteiger partial charge in [-0.2, -0.15) is 13.2 Å². The van der Waals surface area contributed by atoms with E-state index in [1.165, 1.54) is 30.0 Å². The van der Waals surface area contributed by atoms with Gasteiger partial charge in [0.2, 0.25) is 11.8 Å². The fourth-order valence-corrected chi connectivity index (χ4v) is 5.40. The first-order valence-corrected chi connectivity index (χ1v) is 14.1. The summed E-state index contributed by atoms with van der Waals surface area (Å²) in [6.07, 6.45) is -4.73. The smallest absolute Gasteiger partial charge is 0.355 e. The fourth-order valence-electron chi connectivity index (χ4n) is 4.00. The maximum Gasteiger partial charge on any atom is 0.416 e. The number of hydrogen-bond acceptors (Lipinski definition) is 4. The van der Waals surface area contributed by atoms with Gasteiger partial charge in [-0.25, -0.2) is 8.42 Å². The van der Waals surface area contributed by atoms with Crippen molar-refractivity contribution in [2.24, 2.45) is 0 Å². The number of alkyl halides is 3. The van der Waals surface area contributed by atoms with E-state index in [0.29, 0.717) is 22.5 Å². The second-order valence-corrected chi connectivity index (χ2v) is 11.3. The lowest BCUT2D eigenvalue weighted by molar-refractivity contribution is -0.139. The van der Waals surface area contributed by atoms with Gasteiger partial charge in [0.1, 0.15) is 12.6 Å². The molecule has 0 bridgehead atoms. The molecule has 3 aromatic carbocycles. The number of halogens is 3. The van der Waals surface area contributed by atoms with Gasteiger partial charge in [-0.3, -0.25) is 13.9 Å². The number of likely N-dealkylation sites (N-methyl/N-ethyl adjacent to an activating group) is 1. The summed E-state index contributed by atoms with van der Waals surface area (Å²) in [6.45, 7) is 6.36. The van der Waals surface area contributed by atoms with E-state index < -0.39 is 46.2 Å². The first-order valence-electron chi connectivity index (χ1n) is 12.6. The van der Waals surface area contributed by atoms with Crippen LogP contribution in [0.5, 0.6) is 0 Å². The molecule has 3 aromatic rings. The summed E-state index contributed by atoms with van der Waals surface area (Å²) < 4.78 is 68.8. The molecule has 0 radical (unpaired) electrons. The zero-order chi connectivity index (χ0) is 29.7. The lowest BCUT2D eigenvalue weighted by Crippen LogP contribution is -2.51. The Morgan fingerprint density at radius 1 is 0.925 bits per heavy atom. The summed E-state index contributed by atoms with van der Waals surface area (Å²) in [5.41, 5.74) is 1.07. The number of aryl methyl sites for hydroxylation is 2. The van der Waals surface area contributed by atoms with E-state index in [-0.39, 0.29) is 17.1 Å². The number of amides is 2. The van der Waals surface area contributed by atoms with E-state index in [1.54, 1.807) is 38.1 Å². The topological polar surface area (TPSA) is 86.8 Å². The molecule has 0 unspecified atom stereocenters. The molecule has 0 aromatic heterocycles. The molecule has 0 heterocycles. The quantitative estimate of drug-likeness (QED) is 0.366. The van der Waals surface area contributed by atoms with Crippen molar-refractivity contribution in [3.8, 4) is 0 Å². The van der Waals surface area contributed by atoms with Crippen LogP contribution in [0, 0.1) is 13.8 Å². The number of hydrogen-bond donors (Lipinski definition) is 1. The van der Waals surface area contributed by atoms with Crippen LogP contribution < -0.4 is 9.62 Å². The number of sulfonamides is 1. The number of carbonyl (C=O) groups is 2. The van der Waals surface area contributed by atoms with Gasteiger partial charge in [-0.1, -0.05) is 53.6 Å². The van der Waals surface area contributed by atoms with Crippen molar-refractivity contribution in [1.82, 2.24) is 10.2 Å². The third kappa shape index (κ3) is 7.41. The summed E-state index contributed by atoms with van der Waals surface area (Å²) in [5.74, 6) is -1.21. The van der Waals surface area contributed by atoms with E-state index in [4.69, 9.17) is 0 Å². The summed E-state index contributed by atoms with van der Waals surface area (Å²) >= 11 is 0. The van der Waals surface area contributed by atoms with E-state index in [0.717, 1.165) is 23.3 Å². The van der Waals surface area contributed by atoms with Crippen LogP contribution >= 0.6 is 0 Å². The van der Waals surface area contributed by atoms with Crippen LogP contribution in [0.3, 0.4) is 0 Å². The highest BCUT2D eigenvalue weighted by Crippen LogP contribution is 2.33. The van der Waals surface area contributed by atoms with E-state index in [2.05, 4.69) is 5.32 Å². The minimum absolute atomic E-state index is 0.0155. The Morgan fingerprint density at radius 3 is 2.05 bits per heavy atom. The van der Waals surface area contributed by atoms with E-state index in [1.807, 2.05) is 19.1 Å². The standard InChI is InChI=1S/C29H32F3N3O4S/c1-5-33-28(37)22(4)34(18-23-13-9-20(2)10-14-23)27(36)19-35(25-8-6-7-24(17-25)29(30,31)32)40(38,39)26-15-11-21(3)12-16-26/h6-17,22H,5,18-19H2,1-4H3,(H,33,37)/t22-/m0/s1. The van der Waals surface area contributed by atoms with Gasteiger partial charge in [0.15, 0.2) is 0 Å². The number of rotatable bonds is 10. The Labute approximate surface area is 232 Å². The van der Waals surface area contributed by atoms with E-state index in [9.17, 15) is 31.2 Å². The van der Waals surface area contributed by atoms with Crippen LogP contribution in [0.2, 0.25) is 0 Å². The predicted octanol–water partition coefficient (Wildman–Crippen LogP) is 5.07. The van der Waals surface area contributed by atoms with Gasteiger partial charge in [0.05, 0.1) is 16.1 Å². The molecule has 3 rings (SSSR count). The third-order valence-corrected chi connectivity index (χ3v) is 8.13. The second-order valence-electron chi connectivity index (χ2n) is 9.45. The first-order chi connectivity index (χ1) is 18.7. The molecule has 0 saturated carbocycles. The molecular formula is C29H32F3N3O4S. The van der Waals surface area contributed by atoms with Crippen molar-refractivity contribution in [2.75, 3.05) is 17.4 Å². The Hall–Kier alpha value is -3.86. The Morgan fingerprint density at radius 2 is 1.50 bits per heavy atom. The van der Waals surface area contributed by atoms with Crippen molar-refractivity contribution < 1.29 is 31.2 Å². The van der Waals surface area contributed by atoms with Crippen LogP contribution in [0.25, 0.3) is 0 Å². The number of benzene rings is 3. The molecule has 0 aliphatic heterocycles. The average molecular weight is 576 g/mol. The number of anilines is 1. The lowest BCUT2D eigenvalue weighted by Gasteiger charge is -2.32. The van der Waals surface area contributed by atoms with Gasteiger partial charge < -0.3 is 10.2 Å². The summed E-state index contributed by atoms with van der Waals surface area (Å²) in [4.78, 5) is 27.5. The molecule has 0 spiro atoms. The Balaban J connectivity index is 2.09. The van der Waals surface area contributed by atoms with Crippen molar-refractivity contribution in [3.05, 3.63) is 95.1 Å². The largest absolute Gasteiger partial charge is 0.416 e. The third-order valence-electron chi connectivity index (χ3n) is 6.34. The Kier molecular flexibility index (Phi) is 9.62. The molecule has 0 aliphatic rings. The molecule has 0 aliphatic carbocycles. The zero-order valence-electron chi connectivity index (χ0n) is 22.7. The highest BCUT2D eigenvalue weighted by molar-refractivity contribution is 7.92. The maximum atomic E-state index is 13.8. The van der Waals surface area contributed by atoms with Crippen LogP contribution in [-0.4, -0.2) is 44.3 Å². The molecule has 40 heavy (non-hydrogen) atoms. The van der Waals surface area contributed by atoms with Crippen LogP contribution in [0.4, 0.5) is 18.9 Å². The van der Waals surface area contributed by atoms with Crippen molar-refractivity contribution in [2.45, 2.75) is 51.4 Å². The molecular weight excluding hydrogens is 543 g/mol. The van der Waals surface area contributed by atoms with Crippen molar-refractivity contribution in [3.63, 3.8) is 0 Å². The lowest BCUT2D eigenvalue weighted by atomic mass is 10.1. The van der Waals surface area contributed by atoms with Gasteiger partial charge in [0, 0.05) is 13.1 Å². The molecule has 214 valence electrons. The zero-order valence-corrected chi connectivity index (χ0v) is 23.5. The SMILES string of the molecule is CCNC(=O)[C@H](C)N(Cc1ccc(C)cc1)C(=O)CN(c1cccc(C(F)(F)F)c1)S(=O)(=O)c1ccc(C)cc1. The number of nitrogens with zero attached hydrogens (tertiary/aromatic N) is 2. The van der Waals surface area contributed by atoms with Gasteiger partial charge in [-0.15, -0.1) is 0 Å². The molecule has 0 saturated heterocycles. The molecule has 1 atom stereocenters. The summed E-state index contributed by atoms with van der Waals surface area (Å²) in [7, 11) is -4.48. The molecule has 11 heteroatoms. The molecule has 0 fully saturated rings. The van der Waals surface area contributed by atoms with Crippen LogP contribution in [0.1, 0.15) is 36.1 Å².